The summed E-state index contributed by atoms with van der Waals surface area (Å²) in [7, 11) is 0. The summed E-state index contributed by atoms with van der Waals surface area (Å²) in [6, 6.07) is 9.88. The minimum Gasteiger partial charge on any atom is -0.350 e. The van der Waals surface area contributed by atoms with Crippen molar-refractivity contribution in [1.29, 1.82) is 0 Å². The smallest absolute Gasteiger partial charge is 0.237 e. The number of hydrogen-bond donors (Lipinski definition) is 2. The van der Waals surface area contributed by atoms with Crippen LogP contribution in [0.2, 0.25) is 0 Å². The van der Waals surface area contributed by atoms with Crippen LogP contribution < -0.4 is 10.6 Å². The van der Waals surface area contributed by atoms with Gasteiger partial charge in [0.05, 0.1) is 6.04 Å². The van der Waals surface area contributed by atoms with Crippen LogP contribution in [0.1, 0.15) is 33.3 Å². The Morgan fingerprint density at radius 3 is 2.35 bits per heavy atom. The molecule has 2 N–H and O–H groups in total. The number of benzene rings is 1. The maximum Gasteiger partial charge on any atom is 0.237 e. The van der Waals surface area contributed by atoms with Crippen molar-refractivity contribution in [1.82, 2.24) is 10.6 Å². The van der Waals surface area contributed by atoms with Gasteiger partial charge in [0.2, 0.25) is 5.91 Å². The summed E-state index contributed by atoms with van der Waals surface area (Å²) in [5.74, 6) is 0.0356. The predicted molar refractivity (Wildman–Crippen MR) is 70.6 cm³/mol. The van der Waals surface area contributed by atoms with Crippen LogP contribution in [0, 0.1) is 0 Å². The Balaban J connectivity index is 2.40. The maximum absolute atomic E-state index is 11.8. The molecule has 0 aliphatic rings. The van der Waals surface area contributed by atoms with Gasteiger partial charge in [-0.1, -0.05) is 30.3 Å². The van der Waals surface area contributed by atoms with Crippen molar-refractivity contribution in [2.75, 3.05) is 0 Å². The second-order valence-electron chi connectivity index (χ2n) is 5.33. The third-order valence-corrected chi connectivity index (χ3v) is 2.35. The molecule has 0 spiro atoms. The number of hydrogen-bond acceptors (Lipinski definition) is 2. The van der Waals surface area contributed by atoms with E-state index in [4.69, 9.17) is 0 Å². The van der Waals surface area contributed by atoms with Crippen molar-refractivity contribution in [3.8, 4) is 0 Å². The molecule has 0 bridgehead atoms. The molecular formula is C14H22N2O. The molecule has 17 heavy (non-hydrogen) atoms. The second kappa shape index (κ2) is 5.82. The summed E-state index contributed by atoms with van der Waals surface area (Å²) >= 11 is 0. The molecule has 1 atom stereocenters. The van der Waals surface area contributed by atoms with Gasteiger partial charge < -0.3 is 10.6 Å². The summed E-state index contributed by atoms with van der Waals surface area (Å²) in [6.07, 6.45) is 0. The molecule has 3 heteroatoms. The number of amides is 1. The molecule has 0 heterocycles. The van der Waals surface area contributed by atoms with E-state index < -0.39 is 0 Å². The van der Waals surface area contributed by atoms with E-state index in [0.29, 0.717) is 6.54 Å². The Morgan fingerprint density at radius 2 is 1.82 bits per heavy atom. The summed E-state index contributed by atoms with van der Waals surface area (Å²) in [6.45, 7) is 8.53. The molecule has 1 rings (SSSR count). The van der Waals surface area contributed by atoms with E-state index in [-0.39, 0.29) is 17.5 Å². The topological polar surface area (TPSA) is 41.1 Å². The zero-order valence-electron chi connectivity index (χ0n) is 11.1. The lowest BCUT2D eigenvalue weighted by atomic mass is 10.1. The highest BCUT2D eigenvalue weighted by Crippen LogP contribution is 2.01. The molecule has 3 nitrogen and oxygen atoms in total. The minimum atomic E-state index is -0.186. The average Bonchev–Trinajstić information content (AvgIpc) is 2.25. The molecule has 0 radical (unpaired) electrons. The van der Waals surface area contributed by atoms with E-state index in [0.717, 1.165) is 0 Å². The molecular weight excluding hydrogens is 212 g/mol. The fraction of sp³-hybridized carbons (Fsp3) is 0.500. The first-order valence-corrected chi connectivity index (χ1v) is 5.98. The van der Waals surface area contributed by atoms with E-state index in [1.807, 2.05) is 58.0 Å². The standard InChI is InChI=1S/C14H22N2O/c1-11(13(17)16-14(2,3)4)15-10-12-8-6-5-7-9-12/h5-9,11,15H,10H2,1-4H3,(H,16,17). The van der Waals surface area contributed by atoms with E-state index in [1.165, 1.54) is 5.56 Å². The van der Waals surface area contributed by atoms with Gasteiger partial charge in [0.15, 0.2) is 0 Å². The van der Waals surface area contributed by atoms with Crippen molar-refractivity contribution in [3.05, 3.63) is 35.9 Å². The van der Waals surface area contributed by atoms with E-state index in [1.54, 1.807) is 0 Å². The zero-order chi connectivity index (χ0) is 12.9. The monoisotopic (exact) mass is 234 g/mol. The third-order valence-electron chi connectivity index (χ3n) is 2.35. The molecule has 1 unspecified atom stereocenters. The van der Waals surface area contributed by atoms with Crippen molar-refractivity contribution < 1.29 is 4.79 Å². The van der Waals surface area contributed by atoms with Gasteiger partial charge >= 0.3 is 0 Å². The molecule has 94 valence electrons. The van der Waals surface area contributed by atoms with Gasteiger partial charge in [0.1, 0.15) is 0 Å². The van der Waals surface area contributed by atoms with Crippen LogP contribution in [0.15, 0.2) is 30.3 Å². The molecule has 0 aliphatic carbocycles. The Labute approximate surface area is 104 Å². The highest BCUT2D eigenvalue weighted by Gasteiger charge is 2.18. The minimum absolute atomic E-state index is 0.0356. The SMILES string of the molecule is CC(NCc1ccccc1)C(=O)NC(C)(C)C. The van der Waals surface area contributed by atoms with Gasteiger partial charge in [-0.25, -0.2) is 0 Å². The summed E-state index contributed by atoms with van der Waals surface area (Å²) in [5, 5.41) is 6.16. The molecule has 0 saturated heterocycles. The maximum atomic E-state index is 11.8. The zero-order valence-corrected chi connectivity index (χ0v) is 11.1. The van der Waals surface area contributed by atoms with E-state index >= 15 is 0 Å². The van der Waals surface area contributed by atoms with Crippen LogP contribution in [-0.4, -0.2) is 17.5 Å². The van der Waals surface area contributed by atoms with Crippen LogP contribution in [-0.2, 0) is 11.3 Å². The van der Waals surface area contributed by atoms with Gasteiger partial charge in [-0.15, -0.1) is 0 Å². The molecule has 0 aliphatic heterocycles. The highest BCUT2D eigenvalue weighted by atomic mass is 16.2. The Bertz CT molecular complexity index is 354. The second-order valence-corrected chi connectivity index (χ2v) is 5.33. The van der Waals surface area contributed by atoms with Gasteiger partial charge in [0.25, 0.3) is 0 Å². The van der Waals surface area contributed by atoms with Gasteiger partial charge in [-0.2, -0.15) is 0 Å². The van der Waals surface area contributed by atoms with Crippen molar-refractivity contribution in [3.63, 3.8) is 0 Å². The number of carbonyl (C=O) groups is 1. The number of rotatable bonds is 4. The Hall–Kier alpha value is -1.35. The fourth-order valence-electron chi connectivity index (χ4n) is 1.44. The van der Waals surface area contributed by atoms with Gasteiger partial charge in [-0.3, -0.25) is 4.79 Å². The lowest BCUT2D eigenvalue weighted by Crippen LogP contribution is -2.49. The third kappa shape index (κ3) is 5.50. The Morgan fingerprint density at radius 1 is 1.24 bits per heavy atom. The normalized spacial score (nSPS) is 13.2. The van der Waals surface area contributed by atoms with Crippen molar-refractivity contribution in [2.45, 2.75) is 45.8 Å². The van der Waals surface area contributed by atoms with Crippen LogP contribution in [0.4, 0.5) is 0 Å². The van der Waals surface area contributed by atoms with Crippen LogP contribution in [0.3, 0.4) is 0 Å². The molecule has 1 aromatic carbocycles. The number of nitrogens with one attached hydrogen (secondary N) is 2. The van der Waals surface area contributed by atoms with E-state index in [9.17, 15) is 4.79 Å². The number of carbonyl (C=O) groups excluding carboxylic acids is 1. The first kappa shape index (κ1) is 13.7. The van der Waals surface area contributed by atoms with E-state index in [2.05, 4.69) is 10.6 Å². The molecule has 0 fully saturated rings. The van der Waals surface area contributed by atoms with Crippen molar-refractivity contribution >= 4 is 5.91 Å². The lowest BCUT2D eigenvalue weighted by Gasteiger charge is -2.23. The predicted octanol–water partition coefficient (Wildman–Crippen LogP) is 2.08. The summed E-state index contributed by atoms with van der Waals surface area (Å²) in [5.41, 5.74) is 1.00. The quantitative estimate of drug-likeness (QED) is 0.837. The van der Waals surface area contributed by atoms with Crippen LogP contribution >= 0.6 is 0 Å². The first-order valence-electron chi connectivity index (χ1n) is 5.98. The molecule has 0 saturated carbocycles. The Kier molecular flexibility index (Phi) is 4.70. The first-order chi connectivity index (χ1) is 7.88. The molecule has 1 aromatic rings. The summed E-state index contributed by atoms with van der Waals surface area (Å²) < 4.78 is 0. The van der Waals surface area contributed by atoms with Gasteiger partial charge in [-0.05, 0) is 33.3 Å². The largest absolute Gasteiger partial charge is 0.350 e. The summed E-state index contributed by atoms with van der Waals surface area (Å²) in [4.78, 5) is 11.8. The van der Waals surface area contributed by atoms with Crippen molar-refractivity contribution in [2.24, 2.45) is 0 Å². The molecule has 0 aromatic heterocycles. The van der Waals surface area contributed by atoms with Crippen LogP contribution in [0.5, 0.6) is 0 Å². The lowest BCUT2D eigenvalue weighted by molar-refractivity contribution is -0.124. The average molecular weight is 234 g/mol. The van der Waals surface area contributed by atoms with Crippen LogP contribution in [0.25, 0.3) is 0 Å². The molecule has 1 amide bonds. The fourth-order valence-corrected chi connectivity index (χ4v) is 1.44. The van der Waals surface area contributed by atoms with Gasteiger partial charge in [0, 0.05) is 12.1 Å². The highest BCUT2D eigenvalue weighted by molar-refractivity contribution is 5.81.